The van der Waals surface area contributed by atoms with Crippen LogP contribution in [0.5, 0.6) is 0 Å². The predicted molar refractivity (Wildman–Crippen MR) is 111 cm³/mol. The predicted octanol–water partition coefficient (Wildman–Crippen LogP) is 1.67. The lowest BCUT2D eigenvalue weighted by Crippen LogP contribution is -2.44. The van der Waals surface area contributed by atoms with Crippen LogP contribution >= 0.6 is 0 Å². The molecule has 6 heteroatoms. The van der Waals surface area contributed by atoms with E-state index >= 15 is 0 Å². The molecule has 0 radical (unpaired) electrons. The second-order valence-electron chi connectivity index (χ2n) is 7.44. The summed E-state index contributed by atoms with van der Waals surface area (Å²) in [5.41, 5.74) is 2.66. The van der Waals surface area contributed by atoms with Gasteiger partial charge in [-0.3, -0.25) is 14.8 Å². The maximum Gasteiger partial charge on any atom is 0.191 e. The summed E-state index contributed by atoms with van der Waals surface area (Å²) in [6.07, 6.45) is 2.59. The Labute approximate surface area is 164 Å². The highest BCUT2D eigenvalue weighted by molar-refractivity contribution is 5.79. The van der Waals surface area contributed by atoms with E-state index in [1.165, 1.54) is 30.5 Å². The van der Waals surface area contributed by atoms with Gasteiger partial charge in [-0.1, -0.05) is 31.2 Å². The lowest BCUT2D eigenvalue weighted by atomic mass is 10.1. The summed E-state index contributed by atoms with van der Waals surface area (Å²) in [6, 6.07) is 9.47. The van der Waals surface area contributed by atoms with Gasteiger partial charge in [0.05, 0.1) is 13.2 Å². The van der Waals surface area contributed by atoms with E-state index in [4.69, 9.17) is 4.74 Å². The van der Waals surface area contributed by atoms with E-state index in [2.05, 4.69) is 56.6 Å². The van der Waals surface area contributed by atoms with Gasteiger partial charge >= 0.3 is 0 Å². The van der Waals surface area contributed by atoms with Gasteiger partial charge in [0.1, 0.15) is 0 Å². The van der Waals surface area contributed by atoms with Crippen molar-refractivity contribution in [1.82, 2.24) is 20.4 Å². The number of hydrogen-bond acceptors (Lipinski definition) is 4. The Morgan fingerprint density at radius 3 is 2.78 bits per heavy atom. The summed E-state index contributed by atoms with van der Waals surface area (Å²) >= 11 is 0. The second-order valence-corrected chi connectivity index (χ2v) is 7.44. The zero-order chi connectivity index (χ0) is 18.9. The van der Waals surface area contributed by atoms with Crippen molar-refractivity contribution in [2.75, 3.05) is 53.0 Å². The number of likely N-dealkylation sites (tertiary alicyclic amines) is 1. The van der Waals surface area contributed by atoms with E-state index in [0.717, 1.165) is 58.4 Å². The molecule has 1 aromatic carbocycles. The van der Waals surface area contributed by atoms with Gasteiger partial charge in [0, 0.05) is 45.8 Å². The summed E-state index contributed by atoms with van der Waals surface area (Å²) < 4.78 is 5.44. The minimum absolute atomic E-state index is 0.630. The number of aliphatic imine (C=N–C) groups is 1. The maximum absolute atomic E-state index is 5.44. The first kappa shape index (κ1) is 20.1. The quantitative estimate of drug-likeness (QED) is 0.562. The largest absolute Gasteiger partial charge is 0.379 e. The van der Waals surface area contributed by atoms with Crippen molar-refractivity contribution < 1.29 is 4.74 Å². The SMILES string of the molecule is CCN1CCCC1CNC(=NC)NCc1cccc(CN2CCOCC2)c1. The zero-order valence-electron chi connectivity index (χ0n) is 16.9. The minimum atomic E-state index is 0.630. The lowest BCUT2D eigenvalue weighted by molar-refractivity contribution is 0.0342. The van der Waals surface area contributed by atoms with Crippen LogP contribution in [0.1, 0.15) is 30.9 Å². The first-order chi connectivity index (χ1) is 13.3. The molecule has 0 aliphatic carbocycles. The summed E-state index contributed by atoms with van der Waals surface area (Å²) in [5, 5.41) is 6.96. The van der Waals surface area contributed by atoms with Crippen molar-refractivity contribution in [2.24, 2.45) is 4.99 Å². The van der Waals surface area contributed by atoms with Crippen molar-refractivity contribution in [3.8, 4) is 0 Å². The molecule has 0 aromatic heterocycles. The molecule has 0 amide bonds. The summed E-state index contributed by atoms with van der Waals surface area (Å²) in [4.78, 5) is 9.39. The van der Waals surface area contributed by atoms with Gasteiger partial charge in [0.15, 0.2) is 5.96 Å². The Balaban J connectivity index is 1.45. The Morgan fingerprint density at radius 1 is 1.19 bits per heavy atom. The van der Waals surface area contributed by atoms with Crippen LogP contribution in [-0.4, -0.2) is 74.8 Å². The van der Waals surface area contributed by atoms with Crippen molar-refractivity contribution in [1.29, 1.82) is 0 Å². The van der Waals surface area contributed by atoms with Crippen LogP contribution in [0.2, 0.25) is 0 Å². The molecule has 2 aliphatic heterocycles. The van der Waals surface area contributed by atoms with Crippen LogP contribution in [0, 0.1) is 0 Å². The molecule has 1 aromatic rings. The number of benzene rings is 1. The highest BCUT2D eigenvalue weighted by atomic mass is 16.5. The number of ether oxygens (including phenoxy) is 1. The first-order valence-corrected chi connectivity index (χ1v) is 10.3. The molecule has 3 rings (SSSR count). The average Bonchev–Trinajstić information content (AvgIpc) is 3.17. The van der Waals surface area contributed by atoms with Gasteiger partial charge in [-0.25, -0.2) is 0 Å². The standard InChI is InChI=1S/C21H35N5O/c1-3-26-9-5-8-20(26)16-24-21(22-2)23-15-18-6-4-7-19(14-18)17-25-10-12-27-13-11-25/h4,6-7,14,20H,3,5,8-13,15-17H2,1-2H3,(H2,22,23,24). The van der Waals surface area contributed by atoms with Crippen LogP contribution in [0.25, 0.3) is 0 Å². The summed E-state index contributed by atoms with van der Waals surface area (Å²) in [7, 11) is 1.84. The molecule has 1 atom stereocenters. The van der Waals surface area contributed by atoms with Crippen molar-refractivity contribution in [3.05, 3.63) is 35.4 Å². The third-order valence-electron chi connectivity index (χ3n) is 5.60. The topological polar surface area (TPSA) is 52.1 Å². The highest BCUT2D eigenvalue weighted by Crippen LogP contribution is 2.15. The van der Waals surface area contributed by atoms with Crippen LogP contribution in [0.3, 0.4) is 0 Å². The van der Waals surface area contributed by atoms with Gasteiger partial charge in [0.25, 0.3) is 0 Å². The Hall–Kier alpha value is -1.63. The van der Waals surface area contributed by atoms with Gasteiger partial charge in [-0.15, -0.1) is 0 Å². The molecule has 6 nitrogen and oxygen atoms in total. The molecule has 2 aliphatic rings. The summed E-state index contributed by atoms with van der Waals surface area (Å²) in [6.45, 7) is 11.1. The molecule has 150 valence electrons. The number of hydrogen-bond donors (Lipinski definition) is 2. The number of likely N-dealkylation sites (N-methyl/N-ethyl adjacent to an activating group) is 1. The lowest BCUT2D eigenvalue weighted by Gasteiger charge is -2.26. The third-order valence-corrected chi connectivity index (χ3v) is 5.60. The van der Waals surface area contributed by atoms with E-state index in [-0.39, 0.29) is 0 Å². The fraction of sp³-hybridized carbons (Fsp3) is 0.667. The molecule has 1 unspecified atom stereocenters. The van der Waals surface area contributed by atoms with E-state index in [0.29, 0.717) is 6.04 Å². The fourth-order valence-corrected chi connectivity index (χ4v) is 4.02. The molecule has 0 saturated carbocycles. The maximum atomic E-state index is 5.44. The van der Waals surface area contributed by atoms with Crippen molar-refractivity contribution in [3.63, 3.8) is 0 Å². The van der Waals surface area contributed by atoms with Crippen LogP contribution in [0.15, 0.2) is 29.3 Å². The number of nitrogens with zero attached hydrogens (tertiary/aromatic N) is 3. The average molecular weight is 374 g/mol. The monoisotopic (exact) mass is 373 g/mol. The van der Waals surface area contributed by atoms with Crippen LogP contribution in [0.4, 0.5) is 0 Å². The highest BCUT2D eigenvalue weighted by Gasteiger charge is 2.22. The molecule has 0 bridgehead atoms. The number of rotatable bonds is 7. The van der Waals surface area contributed by atoms with Crippen LogP contribution in [-0.2, 0) is 17.8 Å². The minimum Gasteiger partial charge on any atom is -0.379 e. The van der Waals surface area contributed by atoms with Crippen molar-refractivity contribution >= 4 is 5.96 Å². The van der Waals surface area contributed by atoms with Crippen molar-refractivity contribution in [2.45, 2.75) is 38.9 Å². The van der Waals surface area contributed by atoms with Crippen LogP contribution < -0.4 is 10.6 Å². The molecule has 2 N–H and O–H groups in total. The van der Waals surface area contributed by atoms with Gasteiger partial charge < -0.3 is 15.4 Å². The smallest absolute Gasteiger partial charge is 0.191 e. The molecular weight excluding hydrogens is 338 g/mol. The van der Waals surface area contributed by atoms with Gasteiger partial charge in [0.2, 0.25) is 0 Å². The third kappa shape index (κ3) is 6.19. The summed E-state index contributed by atoms with van der Waals surface area (Å²) in [5.74, 6) is 0.886. The van der Waals surface area contributed by atoms with E-state index in [9.17, 15) is 0 Å². The Bertz CT molecular complexity index is 600. The molecule has 0 spiro atoms. The first-order valence-electron chi connectivity index (χ1n) is 10.3. The molecule has 2 heterocycles. The number of morpholine rings is 1. The Morgan fingerprint density at radius 2 is 2.00 bits per heavy atom. The van der Waals surface area contributed by atoms with Gasteiger partial charge in [-0.2, -0.15) is 0 Å². The molecule has 2 saturated heterocycles. The molecular formula is C21H35N5O. The number of nitrogens with one attached hydrogen (secondary N) is 2. The normalized spacial score (nSPS) is 22.1. The molecule has 27 heavy (non-hydrogen) atoms. The van der Waals surface area contributed by atoms with E-state index in [1.807, 2.05) is 7.05 Å². The van der Waals surface area contributed by atoms with Gasteiger partial charge in [-0.05, 0) is 37.1 Å². The number of guanidine groups is 1. The van der Waals surface area contributed by atoms with E-state index in [1.54, 1.807) is 0 Å². The zero-order valence-corrected chi connectivity index (χ0v) is 16.9. The molecule has 2 fully saturated rings. The second kappa shape index (κ2) is 10.6. The fourth-order valence-electron chi connectivity index (χ4n) is 4.02. The Kier molecular flexibility index (Phi) is 7.93. The van der Waals surface area contributed by atoms with E-state index < -0.39 is 0 Å².